The molecule has 0 unspecified atom stereocenters. The molecule has 1 aromatic heterocycles. The van der Waals surface area contributed by atoms with Gasteiger partial charge in [-0.2, -0.15) is 0 Å². The molecule has 19 heavy (non-hydrogen) atoms. The number of aromatic nitrogens is 3. The van der Waals surface area contributed by atoms with Crippen LogP contribution in [-0.2, 0) is 9.53 Å². The van der Waals surface area contributed by atoms with Crippen LogP contribution in [0, 0.1) is 0 Å². The maximum Gasteiger partial charge on any atom is 0.316 e. The zero-order valence-corrected chi connectivity index (χ0v) is 11.6. The van der Waals surface area contributed by atoms with Crippen molar-refractivity contribution in [1.29, 1.82) is 0 Å². The highest BCUT2D eigenvalue weighted by Gasteiger charge is 2.11. The van der Waals surface area contributed by atoms with Crippen LogP contribution < -0.4 is 0 Å². The van der Waals surface area contributed by atoms with E-state index in [-0.39, 0.29) is 17.8 Å². The second kappa shape index (κ2) is 6.38. The van der Waals surface area contributed by atoms with E-state index in [4.69, 9.17) is 4.74 Å². The molecule has 0 radical (unpaired) electrons. The van der Waals surface area contributed by atoms with E-state index in [1.54, 1.807) is 6.33 Å². The number of nitrogens with zero attached hydrogens (tertiary/aromatic N) is 3. The molecule has 1 heterocycles. The number of hydrogen-bond acceptors (Lipinski definition) is 5. The third kappa shape index (κ3) is 3.82. The minimum Gasteiger partial charge on any atom is -0.462 e. The molecule has 0 aliphatic rings. The minimum atomic E-state index is -0.248. The summed E-state index contributed by atoms with van der Waals surface area (Å²) in [6.45, 7) is 3.66. The van der Waals surface area contributed by atoms with Crippen LogP contribution in [0.3, 0.4) is 0 Å². The van der Waals surface area contributed by atoms with Crippen molar-refractivity contribution in [3.63, 3.8) is 0 Å². The maximum absolute atomic E-state index is 11.5. The second-order valence-corrected chi connectivity index (χ2v) is 5.09. The Bertz CT molecular complexity index is 540. The van der Waals surface area contributed by atoms with Crippen LogP contribution in [0.2, 0.25) is 0 Å². The minimum absolute atomic E-state index is 0.0971. The summed E-state index contributed by atoms with van der Waals surface area (Å²) in [6.07, 6.45) is 1.53. The Morgan fingerprint density at radius 3 is 2.79 bits per heavy atom. The van der Waals surface area contributed by atoms with Gasteiger partial charge in [0, 0.05) is 5.69 Å². The molecule has 0 saturated carbocycles. The second-order valence-electron chi connectivity index (χ2n) is 4.15. The number of benzene rings is 1. The number of ether oxygens (including phenoxy) is 1. The van der Waals surface area contributed by atoms with Gasteiger partial charge in [-0.15, -0.1) is 10.2 Å². The predicted octanol–water partition coefficient (Wildman–Crippen LogP) is 2.31. The average molecular weight is 277 g/mol. The highest BCUT2D eigenvalue weighted by atomic mass is 32.2. The first-order chi connectivity index (χ1) is 9.16. The van der Waals surface area contributed by atoms with Crippen molar-refractivity contribution >= 4 is 17.7 Å². The van der Waals surface area contributed by atoms with E-state index in [9.17, 15) is 4.79 Å². The Morgan fingerprint density at radius 2 is 2.11 bits per heavy atom. The predicted molar refractivity (Wildman–Crippen MR) is 73.3 cm³/mol. The highest BCUT2D eigenvalue weighted by Crippen LogP contribution is 2.19. The molecular weight excluding hydrogens is 262 g/mol. The molecule has 0 fully saturated rings. The molecule has 100 valence electrons. The monoisotopic (exact) mass is 277 g/mol. The summed E-state index contributed by atoms with van der Waals surface area (Å²) < 4.78 is 6.92. The van der Waals surface area contributed by atoms with E-state index >= 15 is 0 Å². The van der Waals surface area contributed by atoms with Crippen LogP contribution in [0.5, 0.6) is 0 Å². The Morgan fingerprint density at radius 1 is 1.37 bits per heavy atom. The van der Waals surface area contributed by atoms with Gasteiger partial charge in [0.15, 0.2) is 5.16 Å². The summed E-state index contributed by atoms with van der Waals surface area (Å²) in [5.74, 6) is -0.0217. The van der Waals surface area contributed by atoms with Gasteiger partial charge in [-0.1, -0.05) is 30.0 Å². The van der Waals surface area contributed by atoms with Gasteiger partial charge in [0.25, 0.3) is 0 Å². The molecule has 1 aromatic carbocycles. The van der Waals surface area contributed by atoms with Gasteiger partial charge in [-0.05, 0) is 26.0 Å². The third-order valence-corrected chi connectivity index (χ3v) is 3.15. The Labute approximate surface area is 116 Å². The van der Waals surface area contributed by atoms with Crippen molar-refractivity contribution in [2.75, 3.05) is 5.75 Å². The standard InChI is InChI=1S/C13H15N3O2S/c1-10(2)18-12(17)8-19-13-15-14-9-16(13)11-6-4-3-5-7-11/h3-7,9-10H,8H2,1-2H3. The van der Waals surface area contributed by atoms with Crippen LogP contribution in [0.15, 0.2) is 41.8 Å². The summed E-state index contributed by atoms with van der Waals surface area (Å²) in [5, 5.41) is 8.56. The fourth-order valence-electron chi connectivity index (χ4n) is 1.51. The lowest BCUT2D eigenvalue weighted by Crippen LogP contribution is -2.13. The van der Waals surface area contributed by atoms with Gasteiger partial charge in [-0.25, -0.2) is 0 Å². The summed E-state index contributed by atoms with van der Waals surface area (Å²) in [5.41, 5.74) is 0.965. The van der Waals surface area contributed by atoms with Gasteiger partial charge in [0.05, 0.1) is 11.9 Å². The normalized spacial score (nSPS) is 10.7. The highest BCUT2D eigenvalue weighted by molar-refractivity contribution is 7.99. The number of carbonyl (C=O) groups is 1. The summed E-state index contributed by atoms with van der Waals surface area (Å²) in [4.78, 5) is 11.5. The van der Waals surface area contributed by atoms with Crippen molar-refractivity contribution in [1.82, 2.24) is 14.8 Å². The van der Waals surface area contributed by atoms with E-state index in [1.807, 2.05) is 48.7 Å². The van der Waals surface area contributed by atoms with Gasteiger partial charge in [0.1, 0.15) is 6.33 Å². The topological polar surface area (TPSA) is 57.0 Å². The van der Waals surface area contributed by atoms with Crippen LogP contribution in [0.25, 0.3) is 5.69 Å². The van der Waals surface area contributed by atoms with Gasteiger partial charge in [-0.3, -0.25) is 9.36 Å². The molecule has 0 bridgehead atoms. The SMILES string of the molecule is CC(C)OC(=O)CSc1nncn1-c1ccccc1. The lowest BCUT2D eigenvalue weighted by molar-refractivity contribution is -0.144. The van der Waals surface area contributed by atoms with Gasteiger partial charge < -0.3 is 4.74 Å². The fourth-order valence-corrected chi connectivity index (χ4v) is 2.22. The lowest BCUT2D eigenvalue weighted by atomic mass is 10.3. The van der Waals surface area contributed by atoms with Crippen molar-refractivity contribution < 1.29 is 9.53 Å². The van der Waals surface area contributed by atoms with E-state index in [2.05, 4.69) is 10.2 Å². The Hall–Kier alpha value is -1.82. The molecule has 2 rings (SSSR count). The molecule has 0 aliphatic heterocycles. The van der Waals surface area contributed by atoms with Crippen molar-refractivity contribution in [2.45, 2.75) is 25.1 Å². The van der Waals surface area contributed by atoms with Gasteiger partial charge in [0.2, 0.25) is 0 Å². The van der Waals surface area contributed by atoms with Crippen LogP contribution in [-0.4, -0.2) is 32.6 Å². The molecule has 0 aliphatic carbocycles. The van der Waals surface area contributed by atoms with Crippen molar-refractivity contribution in [3.8, 4) is 5.69 Å². The zero-order chi connectivity index (χ0) is 13.7. The first-order valence-corrected chi connectivity index (χ1v) is 6.93. The molecule has 5 nitrogen and oxygen atoms in total. The summed E-state index contributed by atoms with van der Waals surface area (Å²) in [7, 11) is 0. The van der Waals surface area contributed by atoms with E-state index in [1.165, 1.54) is 11.8 Å². The van der Waals surface area contributed by atoms with E-state index in [0.29, 0.717) is 5.16 Å². The molecule has 0 saturated heterocycles. The number of thioether (sulfide) groups is 1. The van der Waals surface area contributed by atoms with Gasteiger partial charge >= 0.3 is 5.97 Å². The van der Waals surface area contributed by atoms with Crippen LogP contribution in [0.4, 0.5) is 0 Å². The molecule has 0 N–H and O–H groups in total. The molecule has 2 aromatic rings. The molecule has 6 heteroatoms. The smallest absolute Gasteiger partial charge is 0.316 e. The zero-order valence-electron chi connectivity index (χ0n) is 10.8. The molecule has 0 amide bonds. The first-order valence-electron chi connectivity index (χ1n) is 5.94. The summed E-state index contributed by atoms with van der Waals surface area (Å²) in [6, 6.07) is 9.74. The summed E-state index contributed by atoms with van der Waals surface area (Å²) >= 11 is 1.31. The number of carbonyl (C=O) groups excluding carboxylic acids is 1. The number of para-hydroxylation sites is 1. The number of hydrogen-bond donors (Lipinski definition) is 0. The third-order valence-electron chi connectivity index (χ3n) is 2.24. The lowest BCUT2D eigenvalue weighted by Gasteiger charge is -2.08. The average Bonchev–Trinajstić information content (AvgIpc) is 2.85. The van der Waals surface area contributed by atoms with E-state index in [0.717, 1.165) is 5.69 Å². The molecule has 0 atom stereocenters. The first kappa shape index (κ1) is 13.6. The largest absolute Gasteiger partial charge is 0.462 e. The quantitative estimate of drug-likeness (QED) is 0.620. The fraction of sp³-hybridized carbons (Fsp3) is 0.308. The van der Waals surface area contributed by atoms with Crippen molar-refractivity contribution in [2.24, 2.45) is 0 Å². The van der Waals surface area contributed by atoms with Crippen LogP contribution >= 0.6 is 11.8 Å². The van der Waals surface area contributed by atoms with Crippen molar-refractivity contribution in [3.05, 3.63) is 36.7 Å². The van der Waals surface area contributed by atoms with E-state index < -0.39 is 0 Å². The number of esters is 1. The Kier molecular flexibility index (Phi) is 4.57. The molecule has 0 spiro atoms. The number of rotatable bonds is 5. The van der Waals surface area contributed by atoms with Crippen LogP contribution in [0.1, 0.15) is 13.8 Å². The molecular formula is C13H15N3O2S. The maximum atomic E-state index is 11.5. The Balaban J connectivity index is 2.03.